The molecule has 0 spiro atoms. The Morgan fingerprint density at radius 1 is 1.47 bits per heavy atom. The number of nitrogens with zero attached hydrogens (tertiary/aromatic N) is 2. The summed E-state index contributed by atoms with van der Waals surface area (Å²) in [4.78, 5) is 13.6. The minimum atomic E-state index is -0.118. The van der Waals surface area contributed by atoms with E-state index in [0.717, 1.165) is 16.6 Å². The van der Waals surface area contributed by atoms with E-state index in [2.05, 4.69) is 22.0 Å². The molecule has 1 aliphatic heterocycles. The summed E-state index contributed by atoms with van der Waals surface area (Å²) >= 11 is 3.41. The van der Waals surface area contributed by atoms with Gasteiger partial charge < -0.3 is 9.64 Å². The lowest BCUT2D eigenvalue weighted by Crippen LogP contribution is -2.40. The number of rotatable bonds is 4. The van der Waals surface area contributed by atoms with Gasteiger partial charge in [-0.15, -0.1) is 0 Å². The molecule has 0 aromatic heterocycles. The van der Waals surface area contributed by atoms with Gasteiger partial charge in [0.2, 0.25) is 5.91 Å². The van der Waals surface area contributed by atoms with Crippen molar-refractivity contribution in [1.82, 2.24) is 4.90 Å². The number of amides is 1. The number of hydrogen-bond acceptors (Lipinski definition) is 3. The number of carbonyl (C=O) groups excluding carboxylic acids is 1. The lowest BCUT2D eigenvalue weighted by molar-refractivity contribution is -0.134. The Bertz CT molecular complexity index is 498. The molecule has 19 heavy (non-hydrogen) atoms. The SMILES string of the molecule is N#CC1CCN(CCOc2ccccc2Br)C(=O)C1. The maximum absolute atomic E-state index is 11.8. The van der Waals surface area contributed by atoms with Gasteiger partial charge in [-0.05, 0) is 34.5 Å². The van der Waals surface area contributed by atoms with Crippen molar-refractivity contribution in [3.05, 3.63) is 28.7 Å². The molecule has 5 heteroatoms. The number of ether oxygens (including phenoxy) is 1. The second-order valence-electron chi connectivity index (χ2n) is 4.48. The number of likely N-dealkylation sites (tertiary alicyclic amines) is 1. The molecule has 1 aliphatic rings. The second kappa shape index (κ2) is 6.58. The minimum absolute atomic E-state index is 0.0496. The first kappa shape index (κ1) is 13.9. The van der Waals surface area contributed by atoms with Crippen LogP contribution in [0.25, 0.3) is 0 Å². The molecule has 0 radical (unpaired) electrons. The van der Waals surface area contributed by atoms with Gasteiger partial charge in [0.1, 0.15) is 12.4 Å². The van der Waals surface area contributed by atoms with Crippen molar-refractivity contribution in [3.8, 4) is 11.8 Å². The number of benzene rings is 1. The molecule has 1 saturated heterocycles. The molecule has 0 bridgehead atoms. The lowest BCUT2D eigenvalue weighted by atomic mass is 9.98. The minimum Gasteiger partial charge on any atom is -0.491 e. The molecule has 0 aliphatic carbocycles. The fourth-order valence-electron chi connectivity index (χ4n) is 2.05. The number of para-hydroxylation sites is 1. The summed E-state index contributed by atoms with van der Waals surface area (Å²) in [6.45, 7) is 1.68. The molecule has 1 fully saturated rings. The summed E-state index contributed by atoms with van der Waals surface area (Å²) in [6.07, 6.45) is 1.10. The summed E-state index contributed by atoms with van der Waals surface area (Å²) in [5.41, 5.74) is 0. The third-order valence-electron chi connectivity index (χ3n) is 3.16. The van der Waals surface area contributed by atoms with E-state index >= 15 is 0 Å². The molecule has 1 amide bonds. The normalized spacial score (nSPS) is 19.1. The molecule has 100 valence electrons. The van der Waals surface area contributed by atoms with Crippen LogP contribution >= 0.6 is 15.9 Å². The van der Waals surface area contributed by atoms with Gasteiger partial charge in [-0.1, -0.05) is 12.1 Å². The van der Waals surface area contributed by atoms with E-state index in [9.17, 15) is 4.79 Å². The van der Waals surface area contributed by atoms with Crippen LogP contribution in [0.1, 0.15) is 12.8 Å². The van der Waals surface area contributed by atoms with E-state index in [-0.39, 0.29) is 11.8 Å². The molecular weight excluding hydrogens is 308 g/mol. The van der Waals surface area contributed by atoms with Crippen molar-refractivity contribution in [1.29, 1.82) is 5.26 Å². The van der Waals surface area contributed by atoms with Gasteiger partial charge in [0.05, 0.1) is 23.0 Å². The smallest absolute Gasteiger partial charge is 0.224 e. The van der Waals surface area contributed by atoms with Gasteiger partial charge in [0.15, 0.2) is 0 Å². The third kappa shape index (κ3) is 3.71. The molecule has 1 unspecified atom stereocenters. The van der Waals surface area contributed by atoms with Crippen LogP contribution in [0, 0.1) is 17.2 Å². The van der Waals surface area contributed by atoms with Gasteiger partial charge in [-0.2, -0.15) is 5.26 Å². The van der Waals surface area contributed by atoms with E-state index < -0.39 is 0 Å². The quantitative estimate of drug-likeness (QED) is 0.856. The first-order valence-corrected chi connectivity index (χ1v) is 7.04. The third-order valence-corrected chi connectivity index (χ3v) is 3.81. The monoisotopic (exact) mass is 322 g/mol. The summed E-state index contributed by atoms with van der Waals surface area (Å²) in [5, 5.41) is 8.80. The lowest BCUT2D eigenvalue weighted by Gasteiger charge is -2.28. The summed E-state index contributed by atoms with van der Waals surface area (Å²) in [5.74, 6) is 0.711. The van der Waals surface area contributed by atoms with Gasteiger partial charge in [0.25, 0.3) is 0 Å². The first-order chi connectivity index (χ1) is 9.20. The summed E-state index contributed by atoms with van der Waals surface area (Å²) in [7, 11) is 0. The van der Waals surface area contributed by atoms with Crippen molar-refractivity contribution in [3.63, 3.8) is 0 Å². The molecule has 1 aromatic carbocycles. The van der Waals surface area contributed by atoms with Crippen molar-refractivity contribution < 1.29 is 9.53 Å². The fourth-order valence-corrected chi connectivity index (χ4v) is 2.45. The van der Waals surface area contributed by atoms with Crippen molar-refractivity contribution >= 4 is 21.8 Å². The average Bonchev–Trinajstić information content (AvgIpc) is 2.42. The van der Waals surface area contributed by atoms with Crippen molar-refractivity contribution in [2.24, 2.45) is 5.92 Å². The van der Waals surface area contributed by atoms with Crippen LogP contribution in [0.15, 0.2) is 28.7 Å². The molecular formula is C14H15BrN2O2. The average molecular weight is 323 g/mol. The second-order valence-corrected chi connectivity index (χ2v) is 5.33. The molecule has 2 rings (SSSR count). The van der Waals surface area contributed by atoms with Gasteiger partial charge >= 0.3 is 0 Å². The van der Waals surface area contributed by atoms with Gasteiger partial charge in [-0.25, -0.2) is 0 Å². The Morgan fingerprint density at radius 3 is 2.95 bits per heavy atom. The highest BCUT2D eigenvalue weighted by Crippen LogP contribution is 2.24. The zero-order chi connectivity index (χ0) is 13.7. The topological polar surface area (TPSA) is 53.3 Å². The Balaban J connectivity index is 1.79. The van der Waals surface area contributed by atoms with Crippen LogP contribution < -0.4 is 4.74 Å². The number of halogens is 1. The Labute approximate surface area is 121 Å². The molecule has 1 heterocycles. The molecule has 4 nitrogen and oxygen atoms in total. The Morgan fingerprint density at radius 2 is 2.26 bits per heavy atom. The molecule has 1 atom stereocenters. The van der Waals surface area contributed by atoms with Crippen LogP contribution in [0.2, 0.25) is 0 Å². The fraction of sp³-hybridized carbons (Fsp3) is 0.429. The van der Waals surface area contributed by atoms with Crippen LogP contribution in [0.3, 0.4) is 0 Å². The highest BCUT2D eigenvalue weighted by atomic mass is 79.9. The largest absolute Gasteiger partial charge is 0.491 e. The first-order valence-electron chi connectivity index (χ1n) is 6.25. The Hall–Kier alpha value is -1.54. The highest BCUT2D eigenvalue weighted by Gasteiger charge is 2.25. The van der Waals surface area contributed by atoms with Crippen LogP contribution in [-0.4, -0.2) is 30.5 Å². The summed E-state index contributed by atoms with van der Waals surface area (Å²) < 4.78 is 6.54. The maximum atomic E-state index is 11.8. The highest BCUT2D eigenvalue weighted by molar-refractivity contribution is 9.10. The summed E-state index contributed by atoms with van der Waals surface area (Å²) in [6, 6.07) is 9.79. The number of piperidine rings is 1. The van der Waals surface area contributed by atoms with Crippen LogP contribution in [0.4, 0.5) is 0 Å². The molecule has 1 aromatic rings. The van der Waals surface area contributed by atoms with Crippen molar-refractivity contribution in [2.45, 2.75) is 12.8 Å². The van der Waals surface area contributed by atoms with Crippen molar-refractivity contribution in [2.75, 3.05) is 19.7 Å². The van der Waals surface area contributed by atoms with Crippen LogP contribution in [-0.2, 0) is 4.79 Å². The number of nitriles is 1. The molecule has 0 saturated carbocycles. The van der Waals surface area contributed by atoms with E-state index in [0.29, 0.717) is 26.1 Å². The molecule has 0 N–H and O–H groups in total. The Kier molecular flexibility index (Phi) is 4.80. The van der Waals surface area contributed by atoms with E-state index in [1.807, 2.05) is 24.3 Å². The zero-order valence-corrected chi connectivity index (χ0v) is 12.1. The standard InChI is InChI=1S/C14H15BrN2O2/c15-12-3-1-2-4-13(12)19-8-7-17-6-5-11(10-16)9-14(17)18/h1-4,11H,5-9H2. The van der Waals surface area contributed by atoms with Crippen LogP contribution in [0.5, 0.6) is 5.75 Å². The van der Waals surface area contributed by atoms with E-state index in [1.54, 1.807) is 4.90 Å². The zero-order valence-electron chi connectivity index (χ0n) is 10.5. The number of carbonyl (C=O) groups is 1. The van der Waals surface area contributed by atoms with Gasteiger partial charge in [0, 0.05) is 13.0 Å². The van der Waals surface area contributed by atoms with Gasteiger partial charge in [-0.3, -0.25) is 4.79 Å². The van der Waals surface area contributed by atoms with E-state index in [1.165, 1.54) is 0 Å². The van der Waals surface area contributed by atoms with E-state index in [4.69, 9.17) is 10.00 Å². The predicted octanol–water partition coefficient (Wildman–Crippen LogP) is 2.59. The maximum Gasteiger partial charge on any atom is 0.224 e. The number of hydrogen-bond donors (Lipinski definition) is 0. The predicted molar refractivity (Wildman–Crippen MR) is 74.6 cm³/mol.